The molecule has 0 saturated carbocycles. The van der Waals surface area contributed by atoms with Crippen LogP contribution in [0.4, 0.5) is 5.82 Å². The molecule has 0 aromatic carbocycles. The maximum Gasteiger partial charge on any atom is 0.191 e. The van der Waals surface area contributed by atoms with Crippen molar-refractivity contribution in [3.05, 3.63) is 28.9 Å². The molecule has 0 amide bonds. The molecule has 0 aliphatic rings. The van der Waals surface area contributed by atoms with E-state index in [1.54, 1.807) is 23.1 Å². The lowest BCUT2D eigenvalue weighted by Gasteiger charge is -2.02. The number of hydrogen-bond donors (Lipinski definition) is 1. The maximum atomic E-state index is 5.95. The zero-order valence-corrected chi connectivity index (χ0v) is 13.0. The van der Waals surface area contributed by atoms with E-state index in [1.165, 1.54) is 5.69 Å². The van der Waals surface area contributed by atoms with E-state index in [0.717, 1.165) is 33.2 Å². The molecular formula is C13H15N5S2. The lowest BCUT2D eigenvalue weighted by Crippen LogP contribution is -1.98. The maximum absolute atomic E-state index is 5.95. The first-order valence-corrected chi connectivity index (χ1v) is 8.19. The van der Waals surface area contributed by atoms with Gasteiger partial charge in [0.2, 0.25) is 0 Å². The fraction of sp³-hybridized carbons (Fsp3) is 0.308. The van der Waals surface area contributed by atoms with Gasteiger partial charge in [-0.2, -0.15) is 5.10 Å². The number of thiophene rings is 1. The first-order chi connectivity index (χ1) is 9.67. The molecule has 20 heavy (non-hydrogen) atoms. The third kappa shape index (κ3) is 2.51. The van der Waals surface area contributed by atoms with Crippen LogP contribution in [0.15, 0.2) is 22.7 Å². The van der Waals surface area contributed by atoms with Gasteiger partial charge in [-0.15, -0.1) is 11.3 Å². The highest BCUT2D eigenvalue weighted by Crippen LogP contribution is 2.27. The smallest absolute Gasteiger partial charge is 0.191 e. The van der Waals surface area contributed by atoms with Crippen LogP contribution < -0.4 is 5.73 Å². The summed E-state index contributed by atoms with van der Waals surface area (Å²) in [5.41, 5.74) is 8.23. The van der Waals surface area contributed by atoms with Crippen LogP contribution in [0.25, 0.3) is 10.2 Å². The fourth-order valence-electron chi connectivity index (χ4n) is 1.94. The molecular weight excluding hydrogens is 290 g/mol. The van der Waals surface area contributed by atoms with E-state index < -0.39 is 0 Å². The summed E-state index contributed by atoms with van der Waals surface area (Å²) in [5, 5.41) is 8.08. The second kappa shape index (κ2) is 5.41. The van der Waals surface area contributed by atoms with E-state index >= 15 is 0 Å². The number of nitrogens with two attached hydrogens (primary N) is 1. The van der Waals surface area contributed by atoms with Gasteiger partial charge in [-0.3, -0.25) is 4.68 Å². The SMILES string of the molecule is CCc1cc(CSc2nc(N)c3ccsc3n2)n(C)n1. The fourth-order valence-corrected chi connectivity index (χ4v) is 3.64. The molecule has 3 aromatic heterocycles. The highest BCUT2D eigenvalue weighted by Gasteiger charge is 2.09. The highest BCUT2D eigenvalue weighted by atomic mass is 32.2. The van der Waals surface area contributed by atoms with E-state index in [1.807, 2.05) is 23.2 Å². The first-order valence-electron chi connectivity index (χ1n) is 6.32. The van der Waals surface area contributed by atoms with Gasteiger partial charge < -0.3 is 5.73 Å². The van der Waals surface area contributed by atoms with Crippen LogP contribution >= 0.6 is 23.1 Å². The summed E-state index contributed by atoms with van der Waals surface area (Å²) in [4.78, 5) is 9.82. The van der Waals surface area contributed by atoms with Crippen molar-refractivity contribution in [2.24, 2.45) is 7.05 Å². The topological polar surface area (TPSA) is 69.6 Å². The second-order valence-electron chi connectivity index (χ2n) is 4.42. The monoisotopic (exact) mass is 305 g/mol. The van der Waals surface area contributed by atoms with Crippen molar-refractivity contribution in [3.8, 4) is 0 Å². The molecule has 0 aliphatic carbocycles. The summed E-state index contributed by atoms with van der Waals surface area (Å²) in [6.45, 7) is 2.10. The van der Waals surface area contributed by atoms with Crippen molar-refractivity contribution in [2.75, 3.05) is 5.73 Å². The highest BCUT2D eigenvalue weighted by molar-refractivity contribution is 7.98. The van der Waals surface area contributed by atoms with Crippen molar-refractivity contribution in [1.29, 1.82) is 0 Å². The Bertz CT molecular complexity index is 746. The van der Waals surface area contributed by atoms with Crippen LogP contribution in [0.1, 0.15) is 18.3 Å². The molecule has 2 N–H and O–H groups in total. The van der Waals surface area contributed by atoms with Gasteiger partial charge in [0.15, 0.2) is 5.16 Å². The standard InChI is InChI=1S/C13H15N5S2/c1-3-8-6-9(18(2)17-8)7-20-13-15-11(14)10-4-5-19-12(10)16-13/h4-6H,3,7H2,1-2H3,(H2,14,15,16). The Morgan fingerprint density at radius 2 is 2.25 bits per heavy atom. The minimum Gasteiger partial charge on any atom is -0.383 e. The minimum absolute atomic E-state index is 0.554. The number of thioether (sulfide) groups is 1. The third-order valence-corrected chi connectivity index (χ3v) is 4.76. The van der Waals surface area contributed by atoms with Crippen LogP contribution in [0.3, 0.4) is 0 Å². The molecule has 0 aliphatic heterocycles. The molecule has 0 bridgehead atoms. The summed E-state index contributed by atoms with van der Waals surface area (Å²) < 4.78 is 1.92. The molecule has 0 fully saturated rings. The molecule has 0 saturated heterocycles. The van der Waals surface area contributed by atoms with Gasteiger partial charge in [0.25, 0.3) is 0 Å². The van der Waals surface area contributed by atoms with Crippen LogP contribution in [-0.2, 0) is 19.2 Å². The van der Waals surface area contributed by atoms with Gasteiger partial charge in [-0.05, 0) is 23.9 Å². The van der Waals surface area contributed by atoms with Crippen LogP contribution in [0.2, 0.25) is 0 Å². The van der Waals surface area contributed by atoms with Gasteiger partial charge in [0.1, 0.15) is 10.6 Å². The number of anilines is 1. The number of nitrogens with zero attached hydrogens (tertiary/aromatic N) is 4. The molecule has 0 radical (unpaired) electrons. The Morgan fingerprint density at radius 3 is 3.00 bits per heavy atom. The van der Waals surface area contributed by atoms with Crippen molar-refractivity contribution in [1.82, 2.24) is 19.7 Å². The normalized spacial score (nSPS) is 11.3. The van der Waals surface area contributed by atoms with E-state index in [2.05, 4.69) is 28.1 Å². The molecule has 0 unspecified atom stereocenters. The summed E-state index contributed by atoms with van der Waals surface area (Å²) >= 11 is 3.17. The number of aromatic nitrogens is 4. The lowest BCUT2D eigenvalue weighted by atomic mass is 10.3. The van der Waals surface area contributed by atoms with Crippen molar-refractivity contribution < 1.29 is 0 Å². The number of nitrogen functional groups attached to an aromatic ring is 1. The molecule has 3 heterocycles. The van der Waals surface area contributed by atoms with E-state index in [4.69, 9.17) is 5.73 Å². The predicted octanol–water partition coefficient (Wildman–Crippen LogP) is 2.86. The molecule has 7 heteroatoms. The first kappa shape index (κ1) is 13.4. The lowest BCUT2D eigenvalue weighted by molar-refractivity contribution is 0.719. The second-order valence-corrected chi connectivity index (χ2v) is 6.26. The molecule has 0 spiro atoms. The summed E-state index contributed by atoms with van der Waals surface area (Å²) in [6, 6.07) is 4.08. The summed E-state index contributed by atoms with van der Waals surface area (Å²) in [5.74, 6) is 1.35. The number of fused-ring (bicyclic) bond motifs is 1. The van der Waals surface area contributed by atoms with Gasteiger partial charge >= 0.3 is 0 Å². The van der Waals surface area contributed by atoms with Crippen LogP contribution in [-0.4, -0.2) is 19.7 Å². The molecule has 3 aromatic rings. The van der Waals surface area contributed by atoms with Crippen molar-refractivity contribution in [3.63, 3.8) is 0 Å². The van der Waals surface area contributed by atoms with Crippen molar-refractivity contribution in [2.45, 2.75) is 24.3 Å². The van der Waals surface area contributed by atoms with Gasteiger partial charge in [-0.1, -0.05) is 18.7 Å². The van der Waals surface area contributed by atoms with Crippen LogP contribution in [0, 0.1) is 0 Å². The van der Waals surface area contributed by atoms with E-state index in [0.29, 0.717) is 5.82 Å². The van der Waals surface area contributed by atoms with E-state index in [-0.39, 0.29) is 0 Å². The van der Waals surface area contributed by atoms with Gasteiger partial charge in [0.05, 0.1) is 11.1 Å². The third-order valence-electron chi connectivity index (χ3n) is 3.07. The van der Waals surface area contributed by atoms with Gasteiger partial charge in [0, 0.05) is 18.5 Å². The quantitative estimate of drug-likeness (QED) is 0.593. The Morgan fingerprint density at radius 1 is 1.40 bits per heavy atom. The molecule has 104 valence electrons. The zero-order chi connectivity index (χ0) is 14.1. The predicted molar refractivity (Wildman–Crippen MR) is 84.0 cm³/mol. The Balaban J connectivity index is 1.80. The average molecular weight is 305 g/mol. The Hall–Kier alpha value is -1.60. The molecule has 3 rings (SSSR count). The average Bonchev–Trinajstić information content (AvgIpc) is 3.03. The van der Waals surface area contributed by atoms with Crippen molar-refractivity contribution >= 4 is 39.1 Å². The Kier molecular flexibility index (Phi) is 3.62. The number of aryl methyl sites for hydroxylation is 2. The minimum atomic E-state index is 0.554. The summed E-state index contributed by atoms with van der Waals surface area (Å²) in [6.07, 6.45) is 0.948. The molecule has 5 nitrogen and oxygen atoms in total. The number of rotatable bonds is 4. The van der Waals surface area contributed by atoms with Gasteiger partial charge in [-0.25, -0.2) is 9.97 Å². The van der Waals surface area contributed by atoms with E-state index in [9.17, 15) is 0 Å². The zero-order valence-electron chi connectivity index (χ0n) is 11.3. The van der Waals surface area contributed by atoms with Crippen LogP contribution in [0.5, 0.6) is 0 Å². The number of hydrogen-bond acceptors (Lipinski definition) is 6. The summed E-state index contributed by atoms with van der Waals surface area (Å²) in [7, 11) is 1.97. The largest absolute Gasteiger partial charge is 0.383 e. The Labute approximate surface area is 125 Å². The molecule has 0 atom stereocenters.